The first-order chi connectivity index (χ1) is 11.6. The molecule has 25 heavy (non-hydrogen) atoms. The second-order valence-corrected chi connectivity index (χ2v) is 7.84. The third-order valence-corrected chi connectivity index (χ3v) is 5.06. The Labute approximate surface area is 171 Å². The van der Waals surface area contributed by atoms with E-state index in [1.54, 1.807) is 0 Å². The van der Waals surface area contributed by atoms with E-state index in [0.717, 1.165) is 38.1 Å². The van der Waals surface area contributed by atoms with Crippen LogP contribution < -0.4 is 10.6 Å². The molecule has 2 N–H and O–H groups in total. The lowest BCUT2D eigenvalue weighted by Crippen LogP contribution is -2.48. The average Bonchev–Trinajstić information content (AvgIpc) is 3.00. The van der Waals surface area contributed by atoms with Gasteiger partial charge in [-0.3, -0.25) is 9.89 Å². The fourth-order valence-corrected chi connectivity index (χ4v) is 3.65. The molecule has 3 unspecified atom stereocenters. The molecule has 3 atom stereocenters. The summed E-state index contributed by atoms with van der Waals surface area (Å²) in [6.07, 6.45) is 6.62. The Balaban J connectivity index is 0.00000312. The van der Waals surface area contributed by atoms with E-state index in [2.05, 4.69) is 43.2 Å². The highest BCUT2D eigenvalue weighted by Crippen LogP contribution is 2.22. The number of nitrogens with zero attached hydrogens (tertiary/aromatic N) is 2. The Morgan fingerprint density at radius 3 is 2.80 bits per heavy atom. The van der Waals surface area contributed by atoms with Crippen LogP contribution in [0, 0.1) is 5.92 Å². The Bertz CT molecular complexity index is 392. The predicted molar refractivity (Wildman–Crippen MR) is 117 cm³/mol. The van der Waals surface area contributed by atoms with Gasteiger partial charge in [-0.25, -0.2) is 0 Å². The van der Waals surface area contributed by atoms with Gasteiger partial charge in [0.15, 0.2) is 5.96 Å². The van der Waals surface area contributed by atoms with E-state index in [1.807, 2.05) is 0 Å². The highest BCUT2D eigenvalue weighted by Gasteiger charge is 2.31. The van der Waals surface area contributed by atoms with E-state index < -0.39 is 0 Å². The van der Waals surface area contributed by atoms with E-state index >= 15 is 0 Å². The lowest BCUT2D eigenvalue weighted by atomic mass is 10.0. The molecule has 2 rings (SSSR count). The van der Waals surface area contributed by atoms with Crippen LogP contribution in [0.5, 0.6) is 0 Å². The summed E-state index contributed by atoms with van der Waals surface area (Å²) in [5, 5.41) is 6.92. The van der Waals surface area contributed by atoms with Crippen LogP contribution in [0.15, 0.2) is 4.99 Å². The minimum Gasteiger partial charge on any atom is -0.373 e. The van der Waals surface area contributed by atoms with Gasteiger partial charge in [0.05, 0.1) is 19.3 Å². The number of halogens is 1. The molecular formula is C19H39IN4O. The topological polar surface area (TPSA) is 48.9 Å². The van der Waals surface area contributed by atoms with Crippen LogP contribution in [0.25, 0.3) is 0 Å². The Hall–Kier alpha value is -0.0800. The molecule has 2 saturated heterocycles. The average molecular weight is 466 g/mol. The lowest BCUT2D eigenvalue weighted by Gasteiger charge is -2.34. The zero-order chi connectivity index (χ0) is 17.4. The van der Waals surface area contributed by atoms with Gasteiger partial charge < -0.3 is 15.4 Å². The van der Waals surface area contributed by atoms with Crippen LogP contribution in [-0.2, 0) is 4.74 Å². The van der Waals surface area contributed by atoms with Crippen molar-refractivity contribution >= 4 is 29.9 Å². The summed E-state index contributed by atoms with van der Waals surface area (Å²) in [5.41, 5.74) is 0. The number of rotatable bonds is 8. The first-order valence-corrected chi connectivity index (χ1v) is 9.99. The number of ether oxygens (including phenoxy) is 1. The van der Waals surface area contributed by atoms with Crippen molar-refractivity contribution in [2.45, 2.75) is 78.0 Å². The van der Waals surface area contributed by atoms with Crippen molar-refractivity contribution in [1.82, 2.24) is 15.5 Å². The molecule has 5 nitrogen and oxygen atoms in total. The zero-order valence-corrected chi connectivity index (χ0v) is 18.9. The zero-order valence-electron chi connectivity index (χ0n) is 16.6. The monoisotopic (exact) mass is 466 g/mol. The van der Waals surface area contributed by atoms with Crippen molar-refractivity contribution in [1.29, 1.82) is 0 Å². The SMILES string of the molecule is CCNC(=NCC1CN2CCCC2CO1)NC(C)CCCC(C)C.I. The Morgan fingerprint density at radius 2 is 2.08 bits per heavy atom. The minimum atomic E-state index is 0. The number of guanidine groups is 1. The van der Waals surface area contributed by atoms with Gasteiger partial charge in [0.1, 0.15) is 0 Å². The maximum absolute atomic E-state index is 6.01. The van der Waals surface area contributed by atoms with Gasteiger partial charge in [0.2, 0.25) is 0 Å². The van der Waals surface area contributed by atoms with Crippen molar-refractivity contribution in [2.75, 3.05) is 32.8 Å². The van der Waals surface area contributed by atoms with Gasteiger partial charge in [-0.1, -0.05) is 26.7 Å². The van der Waals surface area contributed by atoms with E-state index in [0.29, 0.717) is 12.1 Å². The highest BCUT2D eigenvalue weighted by molar-refractivity contribution is 14.0. The first kappa shape index (κ1) is 23.0. The van der Waals surface area contributed by atoms with Gasteiger partial charge in [-0.05, 0) is 45.6 Å². The smallest absolute Gasteiger partial charge is 0.191 e. The molecule has 6 heteroatoms. The first-order valence-electron chi connectivity index (χ1n) is 9.99. The normalized spacial score (nSPS) is 25.4. The van der Waals surface area contributed by atoms with Crippen LogP contribution in [0.3, 0.4) is 0 Å². The summed E-state index contributed by atoms with van der Waals surface area (Å²) < 4.78 is 6.01. The second kappa shape index (κ2) is 12.3. The fourth-order valence-electron chi connectivity index (χ4n) is 3.65. The van der Waals surface area contributed by atoms with Crippen LogP contribution in [-0.4, -0.2) is 61.8 Å². The van der Waals surface area contributed by atoms with E-state index in [1.165, 1.54) is 38.6 Å². The maximum Gasteiger partial charge on any atom is 0.191 e. The third-order valence-electron chi connectivity index (χ3n) is 5.06. The van der Waals surface area contributed by atoms with Crippen LogP contribution in [0.1, 0.15) is 59.8 Å². The molecule has 0 amide bonds. The predicted octanol–water partition coefficient (Wildman–Crippen LogP) is 3.24. The molecule has 0 aromatic rings. The van der Waals surface area contributed by atoms with Crippen molar-refractivity contribution in [3.8, 4) is 0 Å². The summed E-state index contributed by atoms with van der Waals surface area (Å²) in [7, 11) is 0. The van der Waals surface area contributed by atoms with Crippen LogP contribution in [0.4, 0.5) is 0 Å². The molecule has 0 spiro atoms. The van der Waals surface area contributed by atoms with Gasteiger partial charge in [0, 0.05) is 25.2 Å². The summed E-state index contributed by atoms with van der Waals surface area (Å²) in [6.45, 7) is 13.7. The molecule has 2 fully saturated rings. The highest BCUT2D eigenvalue weighted by atomic mass is 127. The lowest BCUT2D eigenvalue weighted by molar-refractivity contribution is -0.0432. The largest absolute Gasteiger partial charge is 0.373 e. The number of hydrogen-bond acceptors (Lipinski definition) is 3. The quantitative estimate of drug-likeness (QED) is 0.328. The molecule has 2 aliphatic rings. The standard InChI is InChI=1S/C19H38N4O.HI/c1-5-20-19(22-16(4)9-6-8-15(2)3)21-12-18-13-23-11-7-10-17(23)14-24-18;/h15-18H,5-14H2,1-4H3,(H2,20,21,22);1H. The van der Waals surface area contributed by atoms with Crippen LogP contribution in [0.2, 0.25) is 0 Å². The van der Waals surface area contributed by atoms with Crippen molar-refractivity contribution in [2.24, 2.45) is 10.9 Å². The molecule has 0 saturated carbocycles. The van der Waals surface area contributed by atoms with Crippen LogP contribution >= 0.6 is 24.0 Å². The third kappa shape index (κ3) is 8.43. The number of aliphatic imine (C=N–C) groups is 1. The van der Waals surface area contributed by atoms with E-state index in [-0.39, 0.29) is 30.1 Å². The summed E-state index contributed by atoms with van der Waals surface area (Å²) in [6, 6.07) is 1.12. The Kier molecular flexibility index (Phi) is 11.3. The van der Waals surface area contributed by atoms with Gasteiger partial charge in [-0.2, -0.15) is 0 Å². The summed E-state index contributed by atoms with van der Waals surface area (Å²) in [5.74, 6) is 1.72. The molecular weight excluding hydrogens is 427 g/mol. The van der Waals surface area contributed by atoms with Crippen molar-refractivity contribution < 1.29 is 4.74 Å². The molecule has 0 aliphatic carbocycles. The number of nitrogens with one attached hydrogen (secondary N) is 2. The van der Waals surface area contributed by atoms with Gasteiger partial charge in [0.25, 0.3) is 0 Å². The molecule has 0 radical (unpaired) electrons. The molecule has 2 aliphatic heterocycles. The number of hydrogen-bond donors (Lipinski definition) is 2. The van der Waals surface area contributed by atoms with E-state index in [9.17, 15) is 0 Å². The fraction of sp³-hybridized carbons (Fsp3) is 0.947. The van der Waals surface area contributed by atoms with Gasteiger partial charge in [-0.15, -0.1) is 24.0 Å². The molecule has 0 bridgehead atoms. The molecule has 148 valence electrons. The molecule has 0 aromatic heterocycles. The number of fused-ring (bicyclic) bond motifs is 1. The van der Waals surface area contributed by atoms with Crippen molar-refractivity contribution in [3.05, 3.63) is 0 Å². The maximum atomic E-state index is 6.01. The molecule has 2 heterocycles. The second-order valence-electron chi connectivity index (χ2n) is 7.84. The number of morpholine rings is 1. The van der Waals surface area contributed by atoms with Gasteiger partial charge >= 0.3 is 0 Å². The summed E-state index contributed by atoms with van der Waals surface area (Å²) in [4.78, 5) is 7.36. The Morgan fingerprint density at radius 1 is 1.28 bits per heavy atom. The summed E-state index contributed by atoms with van der Waals surface area (Å²) >= 11 is 0. The minimum absolute atomic E-state index is 0. The van der Waals surface area contributed by atoms with E-state index in [4.69, 9.17) is 9.73 Å². The van der Waals surface area contributed by atoms with Crippen molar-refractivity contribution in [3.63, 3.8) is 0 Å². The molecule has 0 aromatic carbocycles.